The molecule has 1 aliphatic heterocycles. The molecule has 1 amide bonds. The normalized spacial score (nSPS) is 18.8. The Labute approximate surface area is 478 Å². The predicted molar refractivity (Wildman–Crippen MR) is 324 cm³/mol. The number of esters is 1. The fraction of sp³-hybridized carbons (Fsp3) is 0.851. The maximum atomic E-state index is 13.0. The van der Waals surface area contributed by atoms with E-state index in [1.807, 2.05) is 6.08 Å². The van der Waals surface area contributed by atoms with Crippen molar-refractivity contribution in [2.75, 3.05) is 19.8 Å². The second-order valence-electron chi connectivity index (χ2n) is 22.8. The smallest absolute Gasteiger partial charge is 0.305 e. The first-order valence-corrected chi connectivity index (χ1v) is 32.9. The second-order valence-corrected chi connectivity index (χ2v) is 22.8. The Bertz CT molecular complexity index is 1430. The average Bonchev–Trinajstić information content (AvgIpc) is 3.43. The summed E-state index contributed by atoms with van der Waals surface area (Å²) in [6.45, 7) is 4.30. The van der Waals surface area contributed by atoms with Gasteiger partial charge in [0.1, 0.15) is 24.4 Å². The quantitative estimate of drug-likeness (QED) is 0.0195. The summed E-state index contributed by atoms with van der Waals surface area (Å²) in [6, 6.07) is -0.811. The number of hydrogen-bond donors (Lipinski definition) is 6. The van der Waals surface area contributed by atoms with E-state index < -0.39 is 49.5 Å². The number of aliphatic hydroxyl groups excluding tert-OH is 5. The molecule has 0 aromatic rings. The molecule has 0 spiro atoms. The van der Waals surface area contributed by atoms with Crippen molar-refractivity contribution in [3.8, 4) is 0 Å². The van der Waals surface area contributed by atoms with Crippen LogP contribution >= 0.6 is 0 Å². The molecule has 0 aliphatic carbocycles. The fourth-order valence-corrected chi connectivity index (χ4v) is 10.2. The van der Waals surface area contributed by atoms with Crippen LogP contribution in [0.1, 0.15) is 303 Å². The van der Waals surface area contributed by atoms with Crippen LogP contribution in [-0.2, 0) is 23.8 Å². The Morgan fingerprint density at radius 3 is 1.32 bits per heavy atom. The number of carbonyl (C=O) groups excluding carboxylic acids is 2. The Morgan fingerprint density at radius 2 is 0.859 bits per heavy atom. The van der Waals surface area contributed by atoms with Crippen molar-refractivity contribution in [1.82, 2.24) is 5.32 Å². The molecule has 6 N–H and O–H groups in total. The molecule has 0 radical (unpaired) electrons. The summed E-state index contributed by atoms with van der Waals surface area (Å²) >= 11 is 0. The van der Waals surface area contributed by atoms with Crippen molar-refractivity contribution in [2.45, 2.75) is 346 Å². The first-order valence-electron chi connectivity index (χ1n) is 32.9. The molecular weight excluding hydrogens is 979 g/mol. The Morgan fingerprint density at radius 1 is 0.474 bits per heavy atom. The van der Waals surface area contributed by atoms with Crippen LogP contribution in [0.5, 0.6) is 0 Å². The molecular formula is C67H123NO10. The van der Waals surface area contributed by atoms with Gasteiger partial charge in [0.25, 0.3) is 0 Å². The molecule has 1 heterocycles. The van der Waals surface area contributed by atoms with Crippen molar-refractivity contribution in [1.29, 1.82) is 0 Å². The minimum absolute atomic E-state index is 0.0109. The molecule has 0 aromatic heterocycles. The Balaban J connectivity index is 1.96. The highest BCUT2D eigenvalue weighted by atomic mass is 16.7. The highest BCUT2D eigenvalue weighted by Gasteiger charge is 2.44. The summed E-state index contributed by atoms with van der Waals surface area (Å²) in [5, 5.41) is 54.2. The van der Waals surface area contributed by atoms with Crippen LogP contribution in [0, 0.1) is 0 Å². The van der Waals surface area contributed by atoms with E-state index in [4.69, 9.17) is 14.2 Å². The molecule has 1 aliphatic rings. The van der Waals surface area contributed by atoms with Crippen LogP contribution in [0.4, 0.5) is 0 Å². The van der Waals surface area contributed by atoms with Crippen LogP contribution < -0.4 is 5.32 Å². The molecule has 11 nitrogen and oxygen atoms in total. The van der Waals surface area contributed by atoms with Crippen LogP contribution in [0.15, 0.2) is 48.6 Å². The first kappa shape index (κ1) is 73.6. The lowest BCUT2D eigenvalue weighted by atomic mass is 9.99. The van der Waals surface area contributed by atoms with Gasteiger partial charge in [0.2, 0.25) is 5.91 Å². The number of nitrogens with one attached hydrogen (secondary N) is 1. The van der Waals surface area contributed by atoms with Crippen molar-refractivity contribution in [3.63, 3.8) is 0 Å². The number of unbranched alkanes of at least 4 members (excludes halogenated alkanes) is 37. The molecule has 7 unspecified atom stereocenters. The molecule has 7 atom stereocenters. The summed E-state index contributed by atoms with van der Waals surface area (Å²) in [4.78, 5) is 25.1. The van der Waals surface area contributed by atoms with Crippen LogP contribution in [0.3, 0.4) is 0 Å². The van der Waals surface area contributed by atoms with Gasteiger partial charge in [-0.25, -0.2) is 0 Å². The molecule has 0 saturated carbocycles. The lowest BCUT2D eigenvalue weighted by Gasteiger charge is -2.40. The summed E-state index contributed by atoms with van der Waals surface area (Å²) in [7, 11) is 0. The van der Waals surface area contributed by atoms with Crippen LogP contribution in [0.2, 0.25) is 0 Å². The average molecular weight is 1100 g/mol. The summed E-state index contributed by atoms with van der Waals surface area (Å²) < 4.78 is 16.7. The zero-order valence-electron chi connectivity index (χ0n) is 50.4. The highest BCUT2D eigenvalue weighted by Crippen LogP contribution is 2.23. The fourth-order valence-electron chi connectivity index (χ4n) is 10.2. The van der Waals surface area contributed by atoms with E-state index >= 15 is 0 Å². The molecule has 1 fully saturated rings. The third kappa shape index (κ3) is 45.3. The monoisotopic (exact) mass is 1100 g/mol. The molecule has 11 heteroatoms. The molecule has 0 bridgehead atoms. The standard InChI is InChI=1S/C67H123NO10/c1-3-5-7-9-11-13-14-15-16-29-32-35-39-43-47-51-55-63(72)76-56-52-48-44-40-36-33-30-27-25-23-21-19-17-18-20-22-24-26-28-31-34-38-42-46-50-54-62(71)68-59(60(70)53-49-45-41-37-12-10-8-6-4-2)58-77-67-66(75)65(74)64(73)61(57-69)78-67/h13-14,16,18,20,29,49,53,59-61,64-67,69-70,73-75H,3-12,15,17,19,21-28,30-48,50-52,54-58H2,1-2H3,(H,68,71)/b14-13-,20-18-,29-16-,53-49+. The third-order valence-corrected chi connectivity index (χ3v) is 15.4. The van der Waals surface area contributed by atoms with E-state index in [1.165, 1.54) is 212 Å². The number of rotatable bonds is 57. The lowest BCUT2D eigenvalue weighted by Crippen LogP contribution is -2.60. The van der Waals surface area contributed by atoms with Gasteiger partial charge in [-0.05, 0) is 89.9 Å². The van der Waals surface area contributed by atoms with Gasteiger partial charge < -0.3 is 45.1 Å². The Hall–Kier alpha value is -2.38. The maximum absolute atomic E-state index is 13.0. The van der Waals surface area contributed by atoms with Gasteiger partial charge >= 0.3 is 5.97 Å². The number of allylic oxidation sites excluding steroid dienone is 7. The summed E-state index contributed by atoms with van der Waals surface area (Å²) in [5.74, 6) is -0.198. The van der Waals surface area contributed by atoms with E-state index in [-0.39, 0.29) is 18.5 Å². The van der Waals surface area contributed by atoms with Gasteiger partial charge in [-0.3, -0.25) is 9.59 Å². The third-order valence-electron chi connectivity index (χ3n) is 15.4. The second kappa shape index (κ2) is 56.5. The molecule has 456 valence electrons. The van der Waals surface area contributed by atoms with E-state index in [2.05, 4.69) is 55.6 Å². The van der Waals surface area contributed by atoms with E-state index in [0.717, 1.165) is 64.2 Å². The number of hydrogen-bond acceptors (Lipinski definition) is 10. The molecule has 1 rings (SSSR count). The van der Waals surface area contributed by atoms with E-state index in [9.17, 15) is 35.1 Å². The SMILES string of the molecule is CCCCCC/C=C\C/C=C\CCCCCCCC(=O)OCCCCCCCCCCCCCC/C=C\CCCCCCCCCCCC(=O)NC(COC1OC(CO)C(O)C(O)C1O)C(O)/C=C/CCCCCCCCC. The van der Waals surface area contributed by atoms with Crippen LogP contribution in [0.25, 0.3) is 0 Å². The molecule has 78 heavy (non-hydrogen) atoms. The van der Waals surface area contributed by atoms with Gasteiger partial charge in [-0.15, -0.1) is 0 Å². The molecule has 0 aromatic carbocycles. The number of amides is 1. The maximum Gasteiger partial charge on any atom is 0.305 e. The zero-order chi connectivity index (χ0) is 56.6. The van der Waals surface area contributed by atoms with Crippen molar-refractivity contribution >= 4 is 11.9 Å². The van der Waals surface area contributed by atoms with Gasteiger partial charge in [-0.2, -0.15) is 0 Å². The minimum Gasteiger partial charge on any atom is -0.466 e. The van der Waals surface area contributed by atoms with E-state index in [0.29, 0.717) is 19.4 Å². The van der Waals surface area contributed by atoms with Gasteiger partial charge in [0, 0.05) is 12.8 Å². The first-order chi connectivity index (χ1) is 38.2. The number of carbonyl (C=O) groups is 2. The number of ether oxygens (including phenoxy) is 3. The Kier molecular flexibility index (Phi) is 53.3. The van der Waals surface area contributed by atoms with Crippen molar-refractivity contribution < 1.29 is 49.3 Å². The van der Waals surface area contributed by atoms with E-state index in [1.54, 1.807) is 6.08 Å². The van der Waals surface area contributed by atoms with Gasteiger partial charge in [-0.1, -0.05) is 249 Å². The summed E-state index contributed by atoms with van der Waals surface area (Å²) in [6.07, 6.45) is 62.4. The zero-order valence-corrected chi connectivity index (χ0v) is 50.4. The molecule has 1 saturated heterocycles. The van der Waals surface area contributed by atoms with Crippen molar-refractivity contribution in [3.05, 3.63) is 48.6 Å². The summed E-state index contributed by atoms with van der Waals surface area (Å²) in [5.41, 5.74) is 0. The highest BCUT2D eigenvalue weighted by molar-refractivity contribution is 5.76. The topological polar surface area (TPSA) is 175 Å². The number of aliphatic hydroxyl groups is 5. The van der Waals surface area contributed by atoms with Gasteiger partial charge in [0.05, 0.1) is 32.0 Å². The van der Waals surface area contributed by atoms with Crippen LogP contribution in [-0.4, -0.2) is 100 Å². The predicted octanol–water partition coefficient (Wildman–Crippen LogP) is 16.0. The van der Waals surface area contributed by atoms with Crippen molar-refractivity contribution in [2.24, 2.45) is 0 Å². The minimum atomic E-state index is -1.57. The largest absolute Gasteiger partial charge is 0.466 e. The lowest BCUT2D eigenvalue weighted by molar-refractivity contribution is -0.302. The van der Waals surface area contributed by atoms with Gasteiger partial charge in [0.15, 0.2) is 6.29 Å².